The summed E-state index contributed by atoms with van der Waals surface area (Å²) in [6.07, 6.45) is 3.22. The fraction of sp³-hybridized carbons (Fsp3) is 0.548. The lowest BCUT2D eigenvalue weighted by molar-refractivity contribution is -0.123. The Kier molecular flexibility index (Phi) is 13.4. The molecule has 1 aliphatic heterocycles. The topological polar surface area (TPSA) is 108 Å². The van der Waals surface area contributed by atoms with Gasteiger partial charge in [-0.25, -0.2) is 0 Å². The first-order valence-corrected chi connectivity index (χ1v) is 14.2. The molecule has 8 nitrogen and oxygen atoms in total. The molecule has 40 heavy (non-hydrogen) atoms. The van der Waals surface area contributed by atoms with Gasteiger partial charge in [0, 0.05) is 38.0 Å². The van der Waals surface area contributed by atoms with Crippen molar-refractivity contribution in [3.8, 4) is 11.5 Å². The summed E-state index contributed by atoms with van der Waals surface area (Å²) in [5.74, 6) is 1.26. The largest absolute Gasteiger partial charge is 0.497 e. The molecule has 2 aromatic carbocycles. The molecule has 0 aromatic heterocycles. The molecule has 3 unspecified atom stereocenters. The smallest absolute Gasteiger partial charge is 0.220 e. The number of nitrogens with zero attached hydrogens (tertiary/aromatic N) is 1. The number of β-amino-alcohol motifs (C(OH)–C–C–N with tert-alkyl or cyclic N) is 1. The van der Waals surface area contributed by atoms with Crippen molar-refractivity contribution in [3.05, 3.63) is 59.7 Å². The molecule has 0 saturated carbocycles. The first kappa shape index (κ1) is 31.5. The highest BCUT2D eigenvalue weighted by Gasteiger charge is 2.29. The number of unbranched alkanes of at least 4 members (excludes halogenated alkanes) is 3. The van der Waals surface area contributed by atoms with Crippen LogP contribution in [0.5, 0.6) is 11.5 Å². The zero-order valence-electron chi connectivity index (χ0n) is 23.4. The minimum Gasteiger partial charge on any atom is -0.497 e. The number of hydrogen-bond donors (Lipinski definition) is 3. The van der Waals surface area contributed by atoms with Crippen LogP contribution in [0, 0.1) is 0 Å². The highest BCUT2D eigenvalue weighted by molar-refractivity contribution is 5.96. The number of benzene rings is 2. The molecule has 3 atom stereocenters. The van der Waals surface area contributed by atoms with Crippen LogP contribution in [0.15, 0.2) is 48.5 Å². The van der Waals surface area contributed by atoms with Gasteiger partial charge < -0.3 is 25.0 Å². The predicted octanol–water partition coefficient (Wildman–Crippen LogP) is 4.24. The Morgan fingerprint density at radius 3 is 2.35 bits per heavy atom. The number of ketones is 1. The maximum Gasteiger partial charge on any atom is 0.220 e. The molecule has 0 radical (unpaired) electrons. The van der Waals surface area contributed by atoms with Crippen LogP contribution in [0.4, 0.5) is 4.39 Å². The third kappa shape index (κ3) is 10.5. The zero-order chi connectivity index (χ0) is 28.7. The second-order valence-electron chi connectivity index (χ2n) is 10.3. The Hall–Kier alpha value is -3.01. The van der Waals surface area contributed by atoms with E-state index in [1.54, 1.807) is 55.6 Å². The van der Waals surface area contributed by atoms with E-state index >= 15 is 0 Å². The van der Waals surface area contributed by atoms with E-state index in [9.17, 15) is 24.2 Å². The van der Waals surface area contributed by atoms with Gasteiger partial charge >= 0.3 is 0 Å². The van der Waals surface area contributed by atoms with E-state index in [0.717, 1.165) is 6.42 Å². The third-order valence-corrected chi connectivity index (χ3v) is 7.17. The molecule has 1 saturated heterocycles. The summed E-state index contributed by atoms with van der Waals surface area (Å²) in [4.78, 5) is 27.3. The number of aliphatic hydroxyl groups excluding tert-OH is 2. The molecular formula is C31H43FN2O6. The van der Waals surface area contributed by atoms with Crippen molar-refractivity contribution in [1.29, 1.82) is 0 Å². The van der Waals surface area contributed by atoms with Crippen molar-refractivity contribution in [3.63, 3.8) is 0 Å². The Bertz CT molecular complexity index is 1030. The van der Waals surface area contributed by atoms with E-state index in [-0.39, 0.29) is 18.4 Å². The average Bonchev–Trinajstić information content (AvgIpc) is 3.39. The number of aliphatic hydroxyl groups is 2. The van der Waals surface area contributed by atoms with Crippen LogP contribution in [-0.4, -0.2) is 79.0 Å². The molecule has 0 bridgehead atoms. The Balaban J connectivity index is 1.47. The number of hydrogen-bond acceptors (Lipinski definition) is 7. The molecule has 220 valence electrons. The summed E-state index contributed by atoms with van der Waals surface area (Å²) >= 11 is 0. The fourth-order valence-corrected chi connectivity index (χ4v) is 4.81. The molecule has 1 heterocycles. The van der Waals surface area contributed by atoms with Crippen LogP contribution in [0.2, 0.25) is 0 Å². The number of alkyl halides is 1. The molecular weight excluding hydrogens is 515 g/mol. The standard InChI is InChI=1S/C31H43FN2O6/c1-39-26-13-9-23(10-14-26)29(36)7-3-2-4-8-30(37)33-28(22-34-19-17-25(35)21-34)31(38)24-11-15-27(16-12-24)40-20-6-5-18-32/h9-16,25,28,31,35,38H,2-8,17-22H2,1H3,(H,33,37). The van der Waals surface area contributed by atoms with Gasteiger partial charge in [0.1, 0.15) is 17.6 Å². The lowest BCUT2D eigenvalue weighted by Crippen LogP contribution is -2.47. The van der Waals surface area contributed by atoms with Gasteiger partial charge in [-0.1, -0.05) is 18.6 Å². The van der Waals surface area contributed by atoms with Gasteiger partial charge in [-0.05, 0) is 74.1 Å². The van der Waals surface area contributed by atoms with Crippen LogP contribution >= 0.6 is 0 Å². The number of Topliss-reactive ketones (excluding diaryl/α,β-unsaturated/α-hetero) is 1. The van der Waals surface area contributed by atoms with Gasteiger partial charge in [0.05, 0.1) is 32.5 Å². The highest BCUT2D eigenvalue weighted by atomic mass is 19.1. The van der Waals surface area contributed by atoms with Gasteiger partial charge in [-0.15, -0.1) is 0 Å². The van der Waals surface area contributed by atoms with E-state index in [2.05, 4.69) is 5.32 Å². The summed E-state index contributed by atoms with van der Waals surface area (Å²) in [6.45, 7) is 1.69. The Morgan fingerprint density at radius 1 is 1.00 bits per heavy atom. The van der Waals surface area contributed by atoms with E-state index < -0.39 is 18.2 Å². The molecule has 1 aliphatic rings. The van der Waals surface area contributed by atoms with Crippen LogP contribution in [0.1, 0.15) is 73.4 Å². The van der Waals surface area contributed by atoms with E-state index in [4.69, 9.17) is 9.47 Å². The minimum absolute atomic E-state index is 0.0688. The monoisotopic (exact) mass is 558 g/mol. The van der Waals surface area contributed by atoms with E-state index in [1.165, 1.54) is 0 Å². The molecule has 0 aliphatic carbocycles. The van der Waals surface area contributed by atoms with Gasteiger partial charge in [-0.2, -0.15) is 0 Å². The quantitative estimate of drug-likeness (QED) is 0.186. The number of amides is 1. The summed E-state index contributed by atoms with van der Waals surface area (Å²) in [7, 11) is 1.58. The van der Waals surface area contributed by atoms with Gasteiger partial charge in [-0.3, -0.25) is 18.9 Å². The SMILES string of the molecule is COc1ccc(C(=O)CCCCCC(=O)NC(CN2CCC(O)C2)C(O)c2ccc(OCCCCF)cc2)cc1. The Morgan fingerprint density at radius 2 is 1.70 bits per heavy atom. The van der Waals surface area contributed by atoms with E-state index in [1.807, 2.05) is 4.90 Å². The molecule has 0 spiro atoms. The first-order chi connectivity index (χ1) is 19.4. The van der Waals surface area contributed by atoms with Gasteiger partial charge in [0.15, 0.2) is 5.78 Å². The van der Waals surface area contributed by atoms with Gasteiger partial charge in [0.25, 0.3) is 0 Å². The molecule has 3 N–H and O–H groups in total. The highest BCUT2D eigenvalue weighted by Crippen LogP contribution is 2.23. The van der Waals surface area contributed by atoms with Crippen molar-refractivity contribution >= 4 is 11.7 Å². The predicted molar refractivity (Wildman–Crippen MR) is 152 cm³/mol. The van der Waals surface area contributed by atoms with Gasteiger partial charge in [0.2, 0.25) is 5.91 Å². The number of carbonyl (C=O) groups excluding carboxylic acids is 2. The second kappa shape index (κ2) is 16.9. The lowest BCUT2D eigenvalue weighted by Gasteiger charge is -2.29. The summed E-state index contributed by atoms with van der Waals surface area (Å²) in [6, 6.07) is 13.6. The molecule has 1 fully saturated rings. The van der Waals surface area contributed by atoms with Crippen LogP contribution in [0.25, 0.3) is 0 Å². The average molecular weight is 559 g/mol. The third-order valence-electron chi connectivity index (χ3n) is 7.17. The molecule has 2 aromatic rings. The maximum atomic E-state index is 12.8. The first-order valence-electron chi connectivity index (χ1n) is 14.2. The molecule has 9 heteroatoms. The van der Waals surface area contributed by atoms with Crippen molar-refractivity contribution < 1.29 is 33.7 Å². The van der Waals surface area contributed by atoms with Crippen molar-refractivity contribution in [2.24, 2.45) is 0 Å². The molecule has 3 rings (SSSR count). The number of ether oxygens (including phenoxy) is 2. The second-order valence-corrected chi connectivity index (χ2v) is 10.3. The molecule has 1 amide bonds. The zero-order valence-corrected chi connectivity index (χ0v) is 23.4. The van der Waals surface area contributed by atoms with Crippen molar-refractivity contribution in [2.45, 2.75) is 69.6 Å². The number of methoxy groups -OCH3 is 1. The van der Waals surface area contributed by atoms with Crippen LogP contribution in [0.3, 0.4) is 0 Å². The minimum atomic E-state index is -0.940. The number of likely N-dealkylation sites (tertiary alicyclic amines) is 1. The van der Waals surface area contributed by atoms with Crippen LogP contribution in [-0.2, 0) is 4.79 Å². The maximum absolute atomic E-state index is 12.8. The Labute approximate surface area is 236 Å². The lowest BCUT2D eigenvalue weighted by atomic mass is 10.0. The number of rotatable bonds is 18. The summed E-state index contributed by atoms with van der Waals surface area (Å²) in [5.41, 5.74) is 1.30. The van der Waals surface area contributed by atoms with Crippen LogP contribution < -0.4 is 14.8 Å². The fourth-order valence-electron chi connectivity index (χ4n) is 4.81. The summed E-state index contributed by atoms with van der Waals surface area (Å²) in [5, 5.41) is 24.1. The van der Waals surface area contributed by atoms with Crippen molar-refractivity contribution in [2.75, 3.05) is 40.0 Å². The number of halogens is 1. The normalized spacial score (nSPS) is 16.9. The number of carbonyl (C=O) groups is 2. The number of nitrogens with one attached hydrogen (secondary N) is 1. The summed E-state index contributed by atoms with van der Waals surface area (Å²) < 4.78 is 23.0. The van der Waals surface area contributed by atoms with Crippen molar-refractivity contribution in [1.82, 2.24) is 10.2 Å². The van der Waals surface area contributed by atoms with E-state index in [0.29, 0.717) is 93.8 Å².